The number of esters is 1. The Balaban J connectivity index is 2.23. The van der Waals surface area contributed by atoms with E-state index in [1.807, 2.05) is 25.1 Å². The molecule has 0 aliphatic rings. The van der Waals surface area contributed by atoms with Gasteiger partial charge in [-0.1, -0.05) is 0 Å². The van der Waals surface area contributed by atoms with Gasteiger partial charge in [-0.3, -0.25) is 0 Å². The molecule has 2 nitrogen and oxygen atoms in total. The third-order valence-corrected chi connectivity index (χ3v) is 18.9. The molecule has 3 heteroatoms. The molecule has 0 bridgehead atoms. The normalized spacial score (nSPS) is 11.0. The second-order valence-electron chi connectivity index (χ2n) is 6.50. The van der Waals surface area contributed by atoms with Gasteiger partial charge >= 0.3 is 166 Å². The van der Waals surface area contributed by atoms with Crippen molar-refractivity contribution < 1.29 is 9.53 Å². The molecule has 0 aliphatic heterocycles. The second-order valence-corrected chi connectivity index (χ2v) is 17.6. The summed E-state index contributed by atoms with van der Waals surface area (Å²) in [5, 5.41) is 0. The molecule has 0 heterocycles. The van der Waals surface area contributed by atoms with Crippen molar-refractivity contribution in [3.63, 3.8) is 0 Å². The summed E-state index contributed by atoms with van der Waals surface area (Å²) in [7, 11) is 0. The molecule has 136 valence electrons. The molecule has 0 unspecified atom stereocenters. The van der Waals surface area contributed by atoms with Crippen molar-refractivity contribution in [1.82, 2.24) is 0 Å². The summed E-state index contributed by atoms with van der Waals surface area (Å²) in [4.78, 5) is 12.4. The number of ether oxygens (including phenoxy) is 1. The fraction of sp³-hybridized carbons (Fsp3) is 0.125. The Kier molecular flexibility index (Phi) is 6.51. The summed E-state index contributed by atoms with van der Waals surface area (Å²) in [6.07, 6.45) is 0. The van der Waals surface area contributed by atoms with Crippen LogP contribution in [0.1, 0.15) is 6.92 Å². The third-order valence-electron chi connectivity index (χ3n) is 4.84. The predicted molar refractivity (Wildman–Crippen MR) is 115 cm³/mol. The van der Waals surface area contributed by atoms with Gasteiger partial charge < -0.3 is 0 Å². The van der Waals surface area contributed by atoms with E-state index in [0.717, 1.165) is 0 Å². The molecule has 0 saturated heterocycles. The van der Waals surface area contributed by atoms with Crippen LogP contribution in [0.15, 0.2) is 103 Å². The van der Waals surface area contributed by atoms with E-state index in [1.54, 1.807) is 0 Å². The van der Waals surface area contributed by atoms with Crippen molar-refractivity contribution in [3.8, 4) is 0 Å². The Hall–Kier alpha value is -2.33. The van der Waals surface area contributed by atoms with Crippen LogP contribution in [0, 0.1) is 0 Å². The van der Waals surface area contributed by atoms with Crippen LogP contribution in [-0.4, -0.2) is 31.0 Å². The fourth-order valence-electron chi connectivity index (χ4n) is 3.60. The first-order valence-electron chi connectivity index (χ1n) is 9.20. The van der Waals surface area contributed by atoms with E-state index in [1.165, 1.54) is 10.7 Å². The van der Waals surface area contributed by atoms with E-state index in [9.17, 15) is 4.79 Å². The Labute approximate surface area is 165 Å². The van der Waals surface area contributed by atoms with Gasteiger partial charge in [-0.2, -0.15) is 0 Å². The van der Waals surface area contributed by atoms with Gasteiger partial charge in [0.1, 0.15) is 0 Å². The Morgan fingerprint density at radius 1 is 0.778 bits per heavy atom. The fourth-order valence-corrected chi connectivity index (χ4v) is 17.0. The second kappa shape index (κ2) is 9.05. The van der Waals surface area contributed by atoms with Crippen molar-refractivity contribution in [1.29, 1.82) is 0 Å². The molecular weight excluding hydrogens is 439 g/mol. The molecule has 0 N–H and O–H groups in total. The van der Waals surface area contributed by atoms with E-state index in [0.29, 0.717) is 16.6 Å². The Morgan fingerprint density at radius 2 is 1.15 bits per heavy atom. The molecule has 0 amide bonds. The van der Waals surface area contributed by atoms with Gasteiger partial charge in [-0.25, -0.2) is 0 Å². The number of carbonyl (C=O) groups is 1. The van der Waals surface area contributed by atoms with E-state index in [-0.39, 0.29) is 5.97 Å². The molecule has 0 aromatic heterocycles. The predicted octanol–water partition coefficient (Wildman–Crippen LogP) is 3.28. The maximum atomic E-state index is 12.4. The van der Waals surface area contributed by atoms with E-state index < -0.39 is 18.4 Å². The summed E-state index contributed by atoms with van der Waals surface area (Å²) < 4.78 is 9.90. The zero-order valence-electron chi connectivity index (χ0n) is 15.6. The number of hydrogen-bond acceptors (Lipinski definition) is 2. The van der Waals surface area contributed by atoms with Crippen LogP contribution in [0.5, 0.6) is 0 Å². The van der Waals surface area contributed by atoms with E-state index in [4.69, 9.17) is 4.74 Å². The molecular formula is C24H24O2Sn. The van der Waals surface area contributed by atoms with Gasteiger partial charge in [0, 0.05) is 0 Å². The Bertz CT molecular complexity index is 793. The van der Waals surface area contributed by atoms with Crippen LogP contribution in [0.25, 0.3) is 0 Å². The molecule has 3 rings (SSSR count). The number of benzene rings is 3. The molecule has 0 saturated carbocycles. The van der Waals surface area contributed by atoms with Crippen LogP contribution in [0.2, 0.25) is 4.44 Å². The van der Waals surface area contributed by atoms with Gasteiger partial charge in [0.05, 0.1) is 0 Å². The van der Waals surface area contributed by atoms with Crippen molar-refractivity contribution in [2.45, 2.75) is 11.4 Å². The van der Waals surface area contributed by atoms with Crippen LogP contribution in [0.3, 0.4) is 0 Å². The van der Waals surface area contributed by atoms with Gasteiger partial charge in [-0.05, 0) is 0 Å². The molecule has 3 aromatic carbocycles. The standard InChI is InChI=1S/C6H9O2.3C6H5.Sn/c1-4-8-6(7)5(2)3;3*1-2-4-6-5-3-1;/h2-4H2,1H3;3*1-5H;. The third kappa shape index (κ3) is 4.16. The number of carbonyl (C=O) groups excluding carboxylic acids is 1. The van der Waals surface area contributed by atoms with Crippen LogP contribution >= 0.6 is 0 Å². The number of rotatable bonds is 7. The minimum absolute atomic E-state index is 0.290. The van der Waals surface area contributed by atoms with Gasteiger partial charge in [-0.15, -0.1) is 0 Å². The molecule has 0 radical (unpaired) electrons. The minimum atomic E-state index is -3.48. The molecule has 27 heavy (non-hydrogen) atoms. The number of hydrogen-bond donors (Lipinski definition) is 0. The average Bonchev–Trinajstić information content (AvgIpc) is 2.74. The summed E-state index contributed by atoms with van der Waals surface area (Å²) in [6.45, 7) is 6.30. The van der Waals surface area contributed by atoms with Crippen molar-refractivity contribution in [2.75, 3.05) is 6.61 Å². The SMILES string of the molecule is C=C([CH2][Sn]([c]1ccccc1)([c]1ccccc1)[c]1ccccc1)C(=O)OCC. The quantitative estimate of drug-likeness (QED) is 0.306. The van der Waals surface area contributed by atoms with Gasteiger partial charge in [0.2, 0.25) is 0 Å². The topological polar surface area (TPSA) is 26.3 Å². The monoisotopic (exact) mass is 464 g/mol. The summed E-state index contributed by atoms with van der Waals surface area (Å²) in [5.41, 5.74) is 0.559. The van der Waals surface area contributed by atoms with Crippen LogP contribution in [0.4, 0.5) is 0 Å². The van der Waals surface area contributed by atoms with Gasteiger partial charge in [0.25, 0.3) is 0 Å². The van der Waals surface area contributed by atoms with Crippen molar-refractivity contribution >= 4 is 35.1 Å². The average molecular weight is 463 g/mol. The molecule has 0 atom stereocenters. The van der Waals surface area contributed by atoms with Gasteiger partial charge in [0.15, 0.2) is 0 Å². The van der Waals surface area contributed by atoms with E-state index in [2.05, 4.69) is 79.4 Å². The molecule has 0 aliphatic carbocycles. The first-order valence-corrected chi connectivity index (χ1v) is 15.5. The van der Waals surface area contributed by atoms with Crippen molar-refractivity contribution in [2.24, 2.45) is 0 Å². The zero-order valence-corrected chi connectivity index (χ0v) is 18.5. The summed E-state index contributed by atoms with van der Waals surface area (Å²) in [5.74, 6) is -0.290. The Morgan fingerprint density at radius 3 is 1.48 bits per heavy atom. The van der Waals surface area contributed by atoms with Crippen molar-refractivity contribution in [3.05, 3.63) is 103 Å². The summed E-state index contributed by atoms with van der Waals surface area (Å²) in [6, 6.07) is 31.8. The zero-order chi connectivity index (χ0) is 19.1. The maximum absolute atomic E-state index is 12.4. The van der Waals surface area contributed by atoms with E-state index >= 15 is 0 Å². The molecule has 3 aromatic rings. The molecule has 0 fully saturated rings. The first kappa shape index (κ1) is 19.4. The van der Waals surface area contributed by atoms with Crippen LogP contribution in [-0.2, 0) is 9.53 Å². The summed E-state index contributed by atoms with van der Waals surface area (Å²) >= 11 is -3.48. The van der Waals surface area contributed by atoms with Crippen LogP contribution < -0.4 is 10.7 Å². The first-order chi connectivity index (χ1) is 13.2. The molecule has 0 spiro atoms.